The molecule has 3 aromatic carbocycles. The highest BCUT2D eigenvalue weighted by atomic mass is 32.1. The maximum absolute atomic E-state index is 12.5. The van der Waals surface area contributed by atoms with Crippen LogP contribution in [0.4, 0.5) is 5.69 Å². The highest BCUT2D eigenvalue weighted by Crippen LogP contribution is 2.16. The van der Waals surface area contributed by atoms with Crippen molar-refractivity contribution < 1.29 is 9.53 Å². The number of carbonyl (C=O) groups excluding carboxylic acids is 1. The van der Waals surface area contributed by atoms with Gasteiger partial charge in [-0.05, 0) is 73.1 Å². The van der Waals surface area contributed by atoms with Crippen molar-refractivity contribution in [2.75, 3.05) is 5.32 Å². The highest BCUT2D eigenvalue weighted by molar-refractivity contribution is 7.80. The van der Waals surface area contributed by atoms with Crippen molar-refractivity contribution in [1.29, 1.82) is 0 Å². The van der Waals surface area contributed by atoms with Gasteiger partial charge in [0.15, 0.2) is 5.11 Å². The zero-order valence-corrected chi connectivity index (χ0v) is 16.7. The van der Waals surface area contributed by atoms with Gasteiger partial charge >= 0.3 is 0 Å². The number of carbonyl (C=O) groups is 1. The number of nitrogens with one attached hydrogen (secondary N) is 2. The van der Waals surface area contributed by atoms with Crippen molar-refractivity contribution in [3.05, 3.63) is 95.1 Å². The van der Waals surface area contributed by atoms with E-state index in [1.165, 1.54) is 5.56 Å². The van der Waals surface area contributed by atoms with Crippen LogP contribution in [0, 0.1) is 13.8 Å². The number of aryl methyl sites for hydroxylation is 2. The summed E-state index contributed by atoms with van der Waals surface area (Å²) in [6, 6.07) is 22.9. The number of hydrogen-bond donors (Lipinski definition) is 2. The average molecular weight is 391 g/mol. The van der Waals surface area contributed by atoms with E-state index in [0.717, 1.165) is 16.8 Å². The lowest BCUT2D eigenvalue weighted by Gasteiger charge is -2.12. The Bertz CT molecular complexity index is 987. The topological polar surface area (TPSA) is 50.4 Å². The molecule has 2 N–H and O–H groups in total. The van der Waals surface area contributed by atoms with Crippen molar-refractivity contribution in [2.45, 2.75) is 20.5 Å². The highest BCUT2D eigenvalue weighted by Gasteiger charge is 2.09. The summed E-state index contributed by atoms with van der Waals surface area (Å²) < 4.78 is 5.78. The first kappa shape index (κ1) is 19.6. The molecular formula is C23H22N2O2S. The molecule has 0 fully saturated rings. The van der Waals surface area contributed by atoms with E-state index in [0.29, 0.717) is 17.9 Å². The number of ether oxygens (including phenoxy) is 1. The van der Waals surface area contributed by atoms with Gasteiger partial charge in [0.2, 0.25) is 0 Å². The Kier molecular flexibility index (Phi) is 6.40. The van der Waals surface area contributed by atoms with Gasteiger partial charge in [-0.15, -0.1) is 0 Å². The predicted octanol–water partition coefficient (Wildman–Crippen LogP) is 5.01. The summed E-state index contributed by atoms with van der Waals surface area (Å²) in [5.74, 6) is 0.344. The van der Waals surface area contributed by atoms with Crippen LogP contribution in [-0.4, -0.2) is 11.0 Å². The van der Waals surface area contributed by atoms with E-state index in [2.05, 4.69) is 10.6 Å². The molecule has 0 aromatic heterocycles. The normalized spacial score (nSPS) is 10.2. The zero-order valence-electron chi connectivity index (χ0n) is 15.9. The largest absolute Gasteiger partial charge is 0.489 e. The molecule has 0 aliphatic heterocycles. The van der Waals surface area contributed by atoms with Crippen molar-refractivity contribution in [2.24, 2.45) is 0 Å². The minimum absolute atomic E-state index is 0.254. The van der Waals surface area contributed by atoms with Crippen LogP contribution in [0.5, 0.6) is 5.75 Å². The Morgan fingerprint density at radius 3 is 2.46 bits per heavy atom. The smallest absolute Gasteiger partial charge is 0.257 e. The first-order chi connectivity index (χ1) is 13.5. The Morgan fingerprint density at radius 1 is 0.929 bits per heavy atom. The van der Waals surface area contributed by atoms with Crippen molar-refractivity contribution >= 4 is 28.9 Å². The second-order valence-electron chi connectivity index (χ2n) is 6.51. The van der Waals surface area contributed by atoms with Crippen LogP contribution < -0.4 is 15.4 Å². The standard InChI is InChI=1S/C23H22N2O2S/c1-16-11-12-20(13-17(16)2)24-23(28)25-22(26)19-9-6-10-21(14-19)27-15-18-7-4-3-5-8-18/h3-14H,15H2,1-2H3,(H2,24,25,26,28). The van der Waals surface area contributed by atoms with E-state index in [1.54, 1.807) is 18.2 Å². The van der Waals surface area contributed by atoms with E-state index in [9.17, 15) is 4.79 Å². The Labute approximate surface area is 170 Å². The lowest BCUT2D eigenvalue weighted by Crippen LogP contribution is -2.34. The average Bonchev–Trinajstić information content (AvgIpc) is 2.70. The first-order valence-corrected chi connectivity index (χ1v) is 9.38. The molecule has 5 heteroatoms. The maximum atomic E-state index is 12.5. The molecule has 0 aliphatic rings. The molecule has 4 nitrogen and oxygen atoms in total. The monoisotopic (exact) mass is 390 g/mol. The van der Waals surface area contributed by atoms with Gasteiger partial charge < -0.3 is 10.1 Å². The molecule has 0 unspecified atom stereocenters. The van der Waals surface area contributed by atoms with Crippen LogP contribution in [-0.2, 0) is 6.61 Å². The van der Waals surface area contributed by atoms with E-state index in [4.69, 9.17) is 17.0 Å². The summed E-state index contributed by atoms with van der Waals surface area (Å²) in [5.41, 5.74) is 4.74. The van der Waals surface area contributed by atoms with Gasteiger partial charge in [-0.1, -0.05) is 42.5 Å². The summed E-state index contributed by atoms with van der Waals surface area (Å²) >= 11 is 5.26. The fourth-order valence-electron chi connectivity index (χ4n) is 2.62. The summed E-state index contributed by atoms with van der Waals surface area (Å²) in [4.78, 5) is 12.5. The first-order valence-electron chi connectivity index (χ1n) is 8.97. The molecule has 0 heterocycles. The van der Waals surface area contributed by atoms with Gasteiger partial charge in [-0.3, -0.25) is 10.1 Å². The van der Waals surface area contributed by atoms with Crippen molar-refractivity contribution in [3.8, 4) is 5.75 Å². The zero-order chi connectivity index (χ0) is 19.9. The molecule has 0 radical (unpaired) electrons. The summed E-state index contributed by atoms with van der Waals surface area (Å²) in [7, 11) is 0. The number of hydrogen-bond acceptors (Lipinski definition) is 3. The Balaban J connectivity index is 1.59. The van der Waals surface area contributed by atoms with Crippen LogP contribution in [0.2, 0.25) is 0 Å². The van der Waals surface area contributed by atoms with Gasteiger partial charge in [0, 0.05) is 11.3 Å². The van der Waals surface area contributed by atoms with Crippen LogP contribution in [0.3, 0.4) is 0 Å². The number of anilines is 1. The van der Waals surface area contributed by atoms with Crippen LogP contribution in [0.15, 0.2) is 72.8 Å². The Morgan fingerprint density at radius 2 is 1.71 bits per heavy atom. The van der Waals surface area contributed by atoms with Gasteiger partial charge in [-0.2, -0.15) is 0 Å². The van der Waals surface area contributed by atoms with Crippen molar-refractivity contribution in [3.63, 3.8) is 0 Å². The molecule has 0 spiro atoms. The van der Waals surface area contributed by atoms with Gasteiger partial charge in [0.1, 0.15) is 12.4 Å². The molecule has 142 valence electrons. The third-order valence-corrected chi connectivity index (χ3v) is 4.54. The van der Waals surface area contributed by atoms with E-state index >= 15 is 0 Å². The lowest BCUT2D eigenvalue weighted by atomic mass is 10.1. The van der Waals surface area contributed by atoms with Gasteiger partial charge in [-0.25, -0.2) is 0 Å². The molecule has 0 saturated carbocycles. The summed E-state index contributed by atoms with van der Waals surface area (Å²) in [5, 5.41) is 6.00. The minimum Gasteiger partial charge on any atom is -0.489 e. The molecule has 1 amide bonds. The lowest BCUT2D eigenvalue weighted by molar-refractivity contribution is 0.0977. The number of benzene rings is 3. The van der Waals surface area contributed by atoms with Crippen LogP contribution >= 0.6 is 12.2 Å². The quantitative estimate of drug-likeness (QED) is 0.601. The van der Waals surface area contributed by atoms with E-state index in [-0.39, 0.29) is 11.0 Å². The third-order valence-electron chi connectivity index (χ3n) is 4.34. The second kappa shape index (κ2) is 9.15. The molecule has 28 heavy (non-hydrogen) atoms. The maximum Gasteiger partial charge on any atom is 0.257 e. The molecule has 3 rings (SSSR count). The minimum atomic E-state index is -0.286. The fourth-order valence-corrected chi connectivity index (χ4v) is 2.84. The molecular weight excluding hydrogens is 368 g/mol. The summed E-state index contributed by atoms with van der Waals surface area (Å²) in [6.07, 6.45) is 0. The van der Waals surface area contributed by atoms with E-state index in [1.807, 2.05) is 68.4 Å². The molecule has 0 saturated heterocycles. The van der Waals surface area contributed by atoms with Crippen LogP contribution in [0.1, 0.15) is 27.0 Å². The number of thiocarbonyl (C=S) groups is 1. The number of rotatable bonds is 5. The Hall–Kier alpha value is -3.18. The third kappa shape index (κ3) is 5.41. The summed E-state index contributed by atoms with van der Waals surface area (Å²) in [6.45, 7) is 4.52. The number of amides is 1. The predicted molar refractivity (Wildman–Crippen MR) is 117 cm³/mol. The van der Waals surface area contributed by atoms with E-state index < -0.39 is 0 Å². The second-order valence-corrected chi connectivity index (χ2v) is 6.92. The van der Waals surface area contributed by atoms with Crippen molar-refractivity contribution in [1.82, 2.24) is 5.32 Å². The van der Waals surface area contributed by atoms with Gasteiger partial charge in [0.05, 0.1) is 0 Å². The fraction of sp³-hybridized carbons (Fsp3) is 0.130. The molecule has 0 bridgehead atoms. The molecule has 0 atom stereocenters. The molecule has 0 aliphatic carbocycles. The molecule has 3 aromatic rings. The van der Waals surface area contributed by atoms with Gasteiger partial charge in [0.25, 0.3) is 5.91 Å². The SMILES string of the molecule is Cc1ccc(NC(=S)NC(=O)c2cccc(OCc3ccccc3)c2)cc1C. The van der Waals surface area contributed by atoms with Crippen LogP contribution in [0.25, 0.3) is 0 Å².